The van der Waals surface area contributed by atoms with E-state index in [2.05, 4.69) is 15.6 Å². The van der Waals surface area contributed by atoms with Gasteiger partial charge in [0.15, 0.2) is 5.69 Å². The molecule has 0 unspecified atom stereocenters. The average Bonchev–Trinajstić information content (AvgIpc) is 3.21. The van der Waals surface area contributed by atoms with Crippen molar-refractivity contribution >= 4 is 17.5 Å². The van der Waals surface area contributed by atoms with Gasteiger partial charge in [0.1, 0.15) is 24.2 Å². The van der Waals surface area contributed by atoms with Crippen molar-refractivity contribution in [1.82, 2.24) is 20.3 Å². The third kappa shape index (κ3) is 5.94. The number of nitrogens with one attached hydrogen (secondary N) is 1. The lowest BCUT2D eigenvalue weighted by Crippen LogP contribution is -2.35. The zero-order valence-electron chi connectivity index (χ0n) is 15.8. The Bertz CT molecular complexity index is 963. The fraction of sp³-hybridized carbons (Fsp3) is 0.250. The van der Waals surface area contributed by atoms with Gasteiger partial charge >= 0.3 is 0 Å². The van der Waals surface area contributed by atoms with Gasteiger partial charge in [-0.05, 0) is 23.8 Å². The number of nitrogens with zero attached hydrogens (tertiary/aromatic N) is 3. The Hall–Kier alpha value is -3.10. The van der Waals surface area contributed by atoms with Crippen molar-refractivity contribution in [2.24, 2.45) is 0 Å². The molecule has 3 rings (SSSR count). The summed E-state index contributed by atoms with van der Waals surface area (Å²) in [5, 5.41) is 21.1. The van der Waals surface area contributed by atoms with E-state index in [-0.39, 0.29) is 18.8 Å². The quantitative estimate of drug-likeness (QED) is 0.554. The number of halogens is 1. The van der Waals surface area contributed by atoms with Crippen molar-refractivity contribution in [3.05, 3.63) is 71.0 Å². The summed E-state index contributed by atoms with van der Waals surface area (Å²) in [6, 6.07) is 14.4. The molecule has 1 heterocycles. The minimum atomic E-state index is -0.886. The van der Waals surface area contributed by atoms with Crippen LogP contribution in [-0.2, 0) is 6.54 Å². The Morgan fingerprint density at radius 2 is 2.03 bits per heavy atom. The van der Waals surface area contributed by atoms with Crippen LogP contribution in [0.2, 0.25) is 5.02 Å². The van der Waals surface area contributed by atoms with Gasteiger partial charge in [0.2, 0.25) is 0 Å². The maximum atomic E-state index is 12.2. The molecule has 0 spiro atoms. The highest BCUT2D eigenvalue weighted by Gasteiger charge is 2.14. The van der Waals surface area contributed by atoms with Crippen LogP contribution >= 0.6 is 11.6 Å². The molecule has 0 saturated carbocycles. The van der Waals surface area contributed by atoms with Gasteiger partial charge in [0, 0.05) is 17.6 Å². The summed E-state index contributed by atoms with van der Waals surface area (Å²) < 4.78 is 12.1. The molecule has 0 bridgehead atoms. The van der Waals surface area contributed by atoms with Crippen LogP contribution in [-0.4, -0.2) is 52.4 Å². The van der Waals surface area contributed by atoms with Crippen LogP contribution in [0.1, 0.15) is 16.1 Å². The Morgan fingerprint density at radius 3 is 2.83 bits per heavy atom. The summed E-state index contributed by atoms with van der Waals surface area (Å²) in [5.74, 6) is 0.790. The molecule has 0 saturated heterocycles. The lowest BCUT2D eigenvalue weighted by atomic mass is 10.2. The number of methoxy groups -OCH3 is 1. The number of rotatable bonds is 9. The van der Waals surface area contributed by atoms with Crippen LogP contribution in [0.3, 0.4) is 0 Å². The van der Waals surface area contributed by atoms with Gasteiger partial charge in [-0.3, -0.25) is 4.79 Å². The number of aromatic nitrogens is 3. The zero-order valence-corrected chi connectivity index (χ0v) is 16.5. The van der Waals surface area contributed by atoms with E-state index in [4.69, 9.17) is 21.1 Å². The van der Waals surface area contributed by atoms with Crippen LogP contribution in [0.5, 0.6) is 11.5 Å². The molecule has 0 aliphatic heterocycles. The average molecular weight is 417 g/mol. The molecule has 8 nitrogen and oxygen atoms in total. The van der Waals surface area contributed by atoms with Gasteiger partial charge < -0.3 is 19.9 Å². The first kappa shape index (κ1) is 20.6. The number of aliphatic hydroxyl groups is 1. The van der Waals surface area contributed by atoms with Crippen molar-refractivity contribution in [3.8, 4) is 11.5 Å². The molecular formula is C20H21ClN4O4. The van der Waals surface area contributed by atoms with E-state index in [0.717, 1.165) is 5.56 Å². The lowest BCUT2D eigenvalue weighted by molar-refractivity contribution is 0.0839. The highest BCUT2D eigenvalue weighted by molar-refractivity contribution is 6.31. The van der Waals surface area contributed by atoms with E-state index in [1.165, 1.54) is 10.9 Å². The van der Waals surface area contributed by atoms with E-state index in [9.17, 15) is 9.90 Å². The minimum Gasteiger partial charge on any atom is -0.497 e. The Morgan fingerprint density at radius 1 is 1.24 bits per heavy atom. The number of carbonyl (C=O) groups is 1. The van der Waals surface area contributed by atoms with Crippen molar-refractivity contribution in [2.45, 2.75) is 12.6 Å². The van der Waals surface area contributed by atoms with Gasteiger partial charge in [-0.2, -0.15) is 0 Å². The predicted octanol–water partition coefficient (Wildman–Crippen LogP) is 2.16. The maximum Gasteiger partial charge on any atom is 0.273 e. The molecule has 0 fully saturated rings. The minimum absolute atomic E-state index is 0.0141. The number of aliphatic hydroxyl groups excluding tert-OH is 1. The van der Waals surface area contributed by atoms with Crippen LogP contribution in [0, 0.1) is 0 Å². The Labute approximate surface area is 173 Å². The fourth-order valence-corrected chi connectivity index (χ4v) is 2.72. The first-order chi connectivity index (χ1) is 14.0. The van der Waals surface area contributed by atoms with Crippen molar-refractivity contribution in [2.75, 3.05) is 20.3 Å². The first-order valence-corrected chi connectivity index (χ1v) is 9.29. The molecule has 152 valence electrons. The number of hydrogen-bond donors (Lipinski definition) is 2. The molecule has 0 aliphatic carbocycles. The van der Waals surface area contributed by atoms with Crippen LogP contribution in [0.4, 0.5) is 0 Å². The smallest absolute Gasteiger partial charge is 0.273 e. The largest absolute Gasteiger partial charge is 0.497 e. The number of hydrogen-bond acceptors (Lipinski definition) is 6. The van der Waals surface area contributed by atoms with E-state index in [1.807, 2.05) is 18.2 Å². The summed E-state index contributed by atoms with van der Waals surface area (Å²) in [4.78, 5) is 12.2. The molecule has 29 heavy (non-hydrogen) atoms. The van der Waals surface area contributed by atoms with Crippen LogP contribution < -0.4 is 14.8 Å². The molecule has 0 aliphatic rings. The standard InChI is InChI=1S/C20H21ClN4O4/c1-28-16-6-4-7-17(9-16)29-13-15(26)10-22-20(27)19-12-25(24-23-19)11-14-5-2-3-8-18(14)21/h2-9,12,15,26H,10-11,13H2,1H3,(H,22,27)/t15-/m0/s1. The third-order valence-corrected chi connectivity index (χ3v) is 4.41. The highest BCUT2D eigenvalue weighted by atomic mass is 35.5. The van der Waals surface area contributed by atoms with Crippen LogP contribution in [0.15, 0.2) is 54.7 Å². The van der Waals surface area contributed by atoms with Gasteiger partial charge in [-0.1, -0.05) is 41.1 Å². The van der Waals surface area contributed by atoms with E-state index < -0.39 is 12.0 Å². The SMILES string of the molecule is COc1cccc(OC[C@@H](O)CNC(=O)c2cn(Cc3ccccc3Cl)nn2)c1. The summed E-state index contributed by atoms with van der Waals surface area (Å²) in [7, 11) is 1.56. The molecule has 2 aromatic carbocycles. The molecule has 0 radical (unpaired) electrons. The topological polar surface area (TPSA) is 98.5 Å². The maximum absolute atomic E-state index is 12.2. The molecule has 1 atom stereocenters. The third-order valence-electron chi connectivity index (χ3n) is 4.04. The number of ether oxygens (including phenoxy) is 2. The lowest BCUT2D eigenvalue weighted by Gasteiger charge is -2.13. The van der Waals surface area contributed by atoms with Crippen molar-refractivity contribution < 1.29 is 19.4 Å². The fourth-order valence-electron chi connectivity index (χ4n) is 2.52. The Kier molecular flexibility index (Phi) is 7.04. The molecule has 1 aromatic heterocycles. The van der Waals surface area contributed by atoms with E-state index >= 15 is 0 Å². The first-order valence-electron chi connectivity index (χ1n) is 8.92. The summed E-state index contributed by atoms with van der Waals surface area (Å²) in [5.41, 5.74) is 1.02. The van der Waals surface area contributed by atoms with E-state index in [1.54, 1.807) is 37.4 Å². The second kappa shape index (κ2) is 9.90. The predicted molar refractivity (Wildman–Crippen MR) is 107 cm³/mol. The normalized spacial score (nSPS) is 11.7. The second-order valence-electron chi connectivity index (χ2n) is 6.25. The molecule has 3 aromatic rings. The molecule has 1 amide bonds. The summed E-state index contributed by atoms with van der Waals surface area (Å²) >= 11 is 6.13. The summed E-state index contributed by atoms with van der Waals surface area (Å²) in [6.07, 6.45) is 0.640. The monoisotopic (exact) mass is 416 g/mol. The highest BCUT2D eigenvalue weighted by Crippen LogP contribution is 2.19. The van der Waals surface area contributed by atoms with Crippen LogP contribution in [0.25, 0.3) is 0 Å². The van der Waals surface area contributed by atoms with Crippen molar-refractivity contribution in [1.29, 1.82) is 0 Å². The van der Waals surface area contributed by atoms with Gasteiger partial charge in [-0.15, -0.1) is 5.10 Å². The van der Waals surface area contributed by atoms with Crippen molar-refractivity contribution in [3.63, 3.8) is 0 Å². The van der Waals surface area contributed by atoms with Gasteiger partial charge in [0.05, 0.1) is 19.9 Å². The molecular weight excluding hydrogens is 396 g/mol. The Balaban J connectivity index is 1.46. The number of benzene rings is 2. The molecule has 9 heteroatoms. The van der Waals surface area contributed by atoms with Gasteiger partial charge in [0.25, 0.3) is 5.91 Å². The van der Waals surface area contributed by atoms with Gasteiger partial charge in [-0.25, -0.2) is 4.68 Å². The molecule has 2 N–H and O–H groups in total. The summed E-state index contributed by atoms with van der Waals surface area (Å²) in [6.45, 7) is 0.434. The zero-order chi connectivity index (χ0) is 20.6. The number of amides is 1. The van der Waals surface area contributed by atoms with E-state index in [0.29, 0.717) is 23.1 Å². The second-order valence-corrected chi connectivity index (χ2v) is 6.65. The number of carbonyl (C=O) groups excluding carboxylic acids is 1.